The van der Waals surface area contributed by atoms with Crippen LogP contribution < -0.4 is 37.9 Å². The molecule has 0 aliphatic heterocycles. The molecule has 10 aromatic carbocycles. The van der Waals surface area contributed by atoms with Crippen molar-refractivity contribution in [3.8, 4) is 120 Å². The Morgan fingerprint density at radius 2 is 0.766 bits per heavy atom. The highest BCUT2D eigenvalue weighted by molar-refractivity contribution is 5.86. The number of ether oxygens (including phenoxy) is 8. The lowest BCUT2D eigenvalue weighted by Crippen LogP contribution is -2.16. The monoisotopic (exact) mass is 1660 g/mol. The van der Waals surface area contributed by atoms with Crippen molar-refractivity contribution in [1.29, 1.82) is 0 Å². The first-order valence-corrected chi connectivity index (χ1v) is 39.7. The second-order valence-electron chi connectivity index (χ2n) is 29.0. The number of nitrogens with one attached hydrogen (secondary N) is 5. The number of aliphatic hydroxyl groups excluding tert-OH is 2. The fraction of sp³-hybridized carbons (Fsp3) is 0.172. The van der Waals surface area contributed by atoms with Crippen LogP contribution in [0.2, 0.25) is 0 Å². The molecule has 624 valence electrons. The Bertz CT molecular complexity index is 6670. The van der Waals surface area contributed by atoms with Gasteiger partial charge in [0, 0.05) is 83.3 Å². The number of H-pyrrole nitrogens is 5. The van der Waals surface area contributed by atoms with Crippen LogP contribution in [0.25, 0.3) is 129 Å². The van der Waals surface area contributed by atoms with Gasteiger partial charge < -0.3 is 87.8 Å². The van der Waals surface area contributed by atoms with Crippen LogP contribution in [0.3, 0.4) is 0 Å². The first kappa shape index (κ1) is 80.8. The molecule has 0 radical (unpaired) electrons. The highest BCUT2D eigenvalue weighted by Crippen LogP contribution is 2.40. The maximum absolute atomic E-state index is 9.39. The number of nitrogens with zero attached hydrogens (tertiary/aromatic N) is 14. The molecule has 9 heterocycles. The number of pyridine rings is 1. The van der Waals surface area contributed by atoms with Gasteiger partial charge in [0.1, 0.15) is 83.5 Å². The molecule has 2 aliphatic rings. The number of aromatic nitrogens is 19. The van der Waals surface area contributed by atoms with Gasteiger partial charge in [0.25, 0.3) is 0 Å². The van der Waals surface area contributed by atoms with Crippen molar-refractivity contribution in [2.45, 2.75) is 63.3 Å². The molecule has 0 atom stereocenters. The van der Waals surface area contributed by atoms with Gasteiger partial charge in [-0.25, -0.2) is 49.2 Å². The van der Waals surface area contributed by atoms with E-state index in [2.05, 4.69) is 104 Å². The second kappa shape index (κ2) is 36.6. The SMILES string of the molecule is COc1ccc(-c2nc3ccc(-n4ccnc4)cc3[nH]2)c(OC)c1.COc1ccc(-c2nc3ccc(-n4cncn4)cc3[nH]2)c(OC)c1.COc1ccc(-c2nc3ccc(C(O)O)cc3[nH]2)cc1OC1CCCC1.COc1ccc(-c2nc3ccc(C(O)O)cc3[nH]2)cc1OC1Cc2ccccc2C1.c1cc(-c2nc3ccc(-n4cncn4)cc3[nH]2)ccn1. The smallest absolute Gasteiger partial charge is 0.178 e. The molecule has 124 heavy (non-hydrogen) atoms. The van der Waals surface area contributed by atoms with Crippen molar-refractivity contribution in [2.24, 2.45) is 0 Å². The summed E-state index contributed by atoms with van der Waals surface area (Å²) in [5, 5.41) is 45.7. The molecule has 0 amide bonds. The van der Waals surface area contributed by atoms with Crippen molar-refractivity contribution in [3.05, 3.63) is 279 Å². The van der Waals surface area contributed by atoms with Crippen molar-refractivity contribution in [3.63, 3.8) is 0 Å². The Kier molecular flexibility index (Phi) is 23.8. The minimum atomic E-state index is -1.52. The summed E-state index contributed by atoms with van der Waals surface area (Å²) >= 11 is 0. The molecule has 0 bridgehead atoms. The fourth-order valence-electron chi connectivity index (χ4n) is 14.9. The van der Waals surface area contributed by atoms with Crippen LogP contribution in [0.1, 0.15) is 60.5 Å². The predicted molar refractivity (Wildman–Crippen MR) is 467 cm³/mol. The van der Waals surface area contributed by atoms with Crippen molar-refractivity contribution >= 4 is 55.2 Å². The number of aromatic amines is 5. The standard InChI is InChI=1S/C24H22N2O4.C20H22N2O4.C18H16N4O2.C17H15N5O2.C14H10N6/c1-29-21-9-7-16(23-25-19-8-6-17(24(27)28)12-20(19)26-23)13-22(21)30-18-10-14-4-2-3-5-15(14)11-18;1-25-17-9-7-12(11-18(17)26-14-4-2-3-5-14)19-21-15-8-6-13(20(23)24)10-16(15)22-19;1-23-13-4-5-14(17(10-13)24-2)18-20-15-6-3-12(9-16(15)21-18)22-8-7-19-11-22;1-23-12-4-5-13(16(8-12)24-2)17-20-14-6-3-11(7-15(14)21-17)22-10-18-9-19-22;1-2-12-13(7-11(1)20-9-16-8-17-20)19-14(18-12)10-3-5-15-6-4-10/h2-9,12-13,18,24,27-28H,10-11H2,1H3,(H,25,26);6-11,14,20,23-24H,2-5H2,1H3,(H,21,22);3-11H,1-2H3,(H,20,21);3-10H,1-2H3,(H,20,21);1-9H,(H,18,19). The molecule has 21 rings (SSSR count). The highest BCUT2D eigenvalue weighted by Gasteiger charge is 2.26. The Hall–Kier alpha value is -15.6. The summed E-state index contributed by atoms with van der Waals surface area (Å²) in [7, 11) is 9.80. The van der Waals surface area contributed by atoms with E-state index in [1.54, 1.807) is 126 Å². The molecule has 31 heteroatoms. The van der Waals surface area contributed by atoms with Crippen LogP contribution in [0.15, 0.2) is 257 Å². The fourth-order valence-corrected chi connectivity index (χ4v) is 14.9. The topological polar surface area (TPSA) is 390 Å². The summed E-state index contributed by atoms with van der Waals surface area (Å²) in [6.45, 7) is 0. The van der Waals surface area contributed by atoms with Gasteiger partial charge in [-0.15, -0.1) is 0 Å². The number of benzene rings is 10. The van der Waals surface area contributed by atoms with Crippen LogP contribution in [-0.2, 0) is 12.8 Å². The summed E-state index contributed by atoms with van der Waals surface area (Å²) < 4.78 is 50.2. The van der Waals surface area contributed by atoms with E-state index in [1.807, 2.05) is 150 Å². The minimum absolute atomic E-state index is 0.0656. The van der Waals surface area contributed by atoms with Crippen LogP contribution >= 0.6 is 0 Å². The number of hydrogen-bond acceptors (Lipinski definition) is 23. The lowest BCUT2D eigenvalue weighted by molar-refractivity contribution is -0.0429. The number of imidazole rings is 6. The minimum Gasteiger partial charge on any atom is -0.497 e. The summed E-state index contributed by atoms with van der Waals surface area (Å²) in [5.74, 6) is 9.39. The summed E-state index contributed by atoms with van der Waals surface area (Å²) in [4.78, 5) is 55.6. The third kappa shape index (κ3) is 18.0. The Morgan fingerprint density at radius 3 is 1.19 bits per heavy atom. The van der Waals surface area contributed by atoms with E-state index in [0.29, 0.717) is 51.5 Å². The summed E-state index contributed by atoms with van der Waals surface area (Å²) in [6.07, 6.45) is 18.9. The first-order chi connectivity index (χ1) is 60.7. The zero-order valence-corrected chi connectivity index (χ0v) is 68.1. The van der Waals surface area contributed by atoms with Crippen molar-refractivity contribution in [1.82, 2.24) is 93.9 Å². The van der Waals surface area contributed by atoms with E-state index in [9.17, 15) is 20.4 Å². The second-order valence-corrected chi connectivity index (χ2v) is 29.0. The maximum Gasteiger partial charge on any atom is 0.178 e. The molecule has 9 aromatic heterocycles. The number of fused-ring (bicyclic) bond motifs is 6. The van der Waals surface area contributed by atoms with Gasteiger partial charge in [-0.2, -0.15) is 10.2 Å². The Balaban J connectivity index is 0.000000110. The molecule has 0 saturated heterocycles. The third-order valence-electron chi connectivity index (χ3n) is 21.2. The summed E-state index contributed by atoms with van der Waals surface area (Å²) in [6, 6.07) is 63.2. The summed E-state index contributed by atoms with van der Waals surface area (Å²) in [5.41, 5.74) is 19.4. The normalized spacial score (nSPS) is 12.5. The lowest BCUT2D eigenvalue weighted by atomic mass is 10.1. The van der Waals surface area contributed by atoms with E-state index in [0.717, 1.165) is 160 Å². The number of hydrogen-bond donors (Lipinski definition) is 9. The number of rotatable bonds is 20. The third-order valence-corrected chi connectivity index (χ3v) is 21.2. The molecular formula is C93H85N19O12. The van der Waals surface area contributed by atoms with Crippen molar-refractivity contribution < 1.29 is 58.3 Å². The molecule has 0 unspecified atom stereocenters. The van der Waals surface area contributed by atoms with E-state index < -0.39 is 12.6 Å². The van der Waals surface area contributed by atoms with Gasteiger partial charge in [-0.3, -0.25) is 4.98 Å². The van der Waals surface area contributed by atoms with Crippen LogP contribution in [0, 0.1) is 0 Å². The lowest BCUT2D eigenvalue weighted by Gasteiger charge is -2.16. The zero-order valence-electron chi connectivity index (χ0n) is 68.1. The van der Waals surface area contributed by atoms with Gasteiger partial charge in [-0.1, -0.05) is 36.4 Å². The molecule has 0 spiro atoms. The van der Waals surface area contributed by atoms with Gasteiger partial charge >= 0.3 is 0 Å². The van der Waals surface area contributed by atoms with E-state index in [-0.39, 0.29) is 12.2 Å². The van der Waals surface area contributed by atoms with Crippen LogP contribution in [0.4, 0.5) is 0 Å². The maximum atomic E-state index is 9.39. The molecular weight excluding hydrogens is 1580 g/mol. The number of aliphatic hydroxyl groups is 4. The average Bonchev–Trinajstić information content (AvgIpc) is 1.68. The van der Waals surface area contributed by atoms with Gasteiger partial charge in [0.15, 0.2) is 35.6 Å². The van der Waals surface area contributed by atoms with Crippen LogP contribution in [-0.4, -0.2) is 169 Å². The zero-order chi connectivity index (χ0) is 85.2. The number of methoxy groups -OCH3 is 6. The Morgan fingerprint density at radius 1 is 0.347 bits per heavy atom. The average molecular weight is 1660 g/mol. The van der Waals surface area contributed by atoms with Crippen LogP contribution in [0.5, 0.6) is 46.0 Å². The molecule has 19 aromatic rings. The van der Waals surface area contributed by atoms with Crippen molar-refractivity contribution in [2.75, 3.05) is 42.7 Å². The molecule has 9 N–H and O–H groups in total. The quantitative estimate of drug-likeness (QED) is 0.0320. The molecule has 1 fully saturated rings. The van der Waals surface area contributed by atoms with E-state index in [1.165, 1.54) is 36.6 Å². The van der Waals surface area contributed by atoms with Gasteiger partial charge in [0.2, 0.25) is 0 Å². The molecule has 1 saturated carbocycles. The predicted octanol–water partition coefficient (Wildman–Crippen LogP) is 15.8. The molecule has 2 aliphatic carbocycles. The Labute approximate surface area is 708 Å². The first-order valence-electron chi connectivity index (χ1n) is 39.7. The van der Waals surface area contributed by atoms with Gasteiger partial charge in [0.05, 0.1) is 133 Å². The largest absolute Gasteiger partial charge is 0.497 e. The van der Waals surface area contributed by atoms with E-state index in [4.69, 9.17) is 37.9 Å². The van der Waals surface area contributed by atoms with Gasteiger partial charge in [-0.05, 0) is 188 Å². The van der Waals surface area contributed by atoms with E-state index >= 15 is 0 Å². The highest BCUT2D eigenvalue weighted by atomic mass is 16.5. The molecule has 31 nitrogen and oxygen atoms in total.